The number of sulfone groups is 1. The van der Waals surface area contributed by atoms with E-state index in [2.05, 4.69) is 0 Å². The quantitative estimate of drug-likeness (QED) is 0.815. The van der Waals surface area contributed by atoms with E-state index in [-0.39, 0.29) is 15.4 Å². The van der Waals surface area contributed by atoms with Crippen molar-refractivity contribution in [3.8, 4) is 0 Å². The molecule has 6 nitrogen and oxygen atoms in total. The molecule has 2 fully saturated rings. The van der Waals surface area contributed by atoms with Gasteiger partial charge in [-0.1, -0.05) is 0 Å². The zero-order chi connectivity index (χ0) is 16.7. The first-order chi connectivity index (χ1) is 10.7. The highest BCUT2D eigenvalue weighted by Gasteiger charge is 2.41. The van der Waals surface area contributed by atoms with Crippen molar-refractivity contribution in [1.29, 1.82) is 0 Å². The zero-order valence-electron chi connectivity index (χ0n) is 13.1. The average molecular weight is 359 g/mol. The monoisotopic (exact) mass is 359 g/mol. The molecule has 2 heterocycles. The fourth-order valence-electron chi connectivity index (χ4n) is 3.29. The van der Waals surface area contributed by atoms with Gasteiger partial charge >= 0.3 is 0 Å². The van der Waals surface area contributed by atoms with Crippen LogP contribution in [-0.4, -0.2) is 52.7 Å². The van der Waals surface area contributed by atoms with Gasteiger partial charge in [0.2, 0.25) is 10.0 Å². The van der Waals surface area contributed by atoms with Crippen LogP contribution < -0.4 is 0 Å². The number of ether oxygens (including phenoxy) is 1. The normalized spacial score (nSPS) is 22.5. The SMILES string of the molecule is CS(=O)(=O)c1ccc(S(=O)(=O)N2CCC3(CCCO3)CC2)cc1. The fraction of sp³-hybridized carbons (Fsp3) is 0.600. The van der Waals surface area contributed by atoms with E-state index in [1.165, 1.54) is 28.6 Å². The summed E-state index contributed by atoms with van der Waals surface area (Å²) in [4.78, 5) is 0.251. The van der Waals surface area contributed by atoms with E-state index in [4.69, 9.17) is 4.74 Å². The predicted octanol–water partition coefficient (Wildman–Crippen LogP) is 1.42. The summed E-state index contributed by atoms with van der Waals surface area (Å²) in [7, 11) is -6.92. The maximum atomic E-state index is 12.7. The smallest absolute Gasteiger partial charge is 0.243 e. The summed E-state index contributed by atoms with van der Waals surface area (Å²) >= 11 is 0. The lowest BCUT2D eigenvalue weighted by Gasteiger charge is -2.37. The summed E-state index contributed by atoms with van der Waals surface area (Å²) in [5.41, 5.74) is -0.133. The Balaban J connectivity index is 1.77. The van der Waals surface area contributed by atoms with Crippen molar-refractivity contribution in [3.05, 3.63) is 24.3 Å². The van der Waals surface area contributed by atoms with Crippen LogP contribution in [0, 0.1) is 0 Å². The second-order valence-corrected chi connectivity index (χ2v) is 10.2. The third kappa shape index (κ3) is 3.31. The maximum Gasteiger partial charge on any atom is 0.243 e. The largest absolute Gasteiger partial charge is 0.375 e. The summed E-state index contributed by atoms with van der Waals surface area (Å²) < 4.78 is 55.6. The van der Waals surface area contributed by atoms with Crippen molar-refractivity contribution in [1.82, 2.24) is 4.31 Å². The van der Waals surface area contributed by atoms with E-state index >= 15 is 0 Å². The van der Waals surface area contributed by atoms with Gasteiger partial charge in [0, 0.05) is 26.0 Å². The summed E-state index contributed by atoms with van der Waals surface area (Å²) in [5, 5.41) is 0. The van der Waals surface area contributed by atoms with Crippen LogP contribution in [-0.2, 0) is 24.6 Å². The number of hydrogen-bond donors (Lipinski definition) is 0. The van der Waals surface area contributed by atoms with Gasteiger partial charge in [0.1, 0.15) is 0 Å². The number of hydrogen-bond acceptors (Lipinski definition) is 5. The molecule has 1 aromatic carbocycles. The number of piperidine rings is 1. The van der Waals surface area contributed by atoms with Gasteiger partial charge in [-0.25, -0.2) is 16.8 Å². The molecule has 0 unspecified atom stereocenters. The summed E-state index contributed by atoms with van der Waals surface area (Å²) in [6, 6.07) is 5.41. The molecule has 128 valence electrons. The topological polar surface area (TPSA) is 80.8 Å². The van der Waals surface area contributed by atoms with Crippen LogP contribution in [0.3, 0.4) is 0 Å². The molecule has 0 saturated carbocycles. The van der Waals surface area contributed by atoms with Gasteiger partial charge in [0.25, 0.3) is 0 Å². The molecule has 0 aromatic heterocycles. The predicted molar refractivity (Wildman–Crippen MR) is 85.5 cm³/mol. The van der Waals surface area contributed by atoms with Crippen molar-refractivity contribution in [3.63, 3.8) is 0 Å². The molecule has 2 aliphatic heterocycles. The van der Waals surface area contributed by atoms with Crippen LogP contribution in [0.15, 0.2) is 34.1 Å². The Labute approximate surface area is 137 Å². The van der Waals surface area contributed by atoms with E-state index in [0.29, 0.717) is 25.9 Å². The Hall–Kier alpha value is -0.960. The molecule has 0 radical (unpaired) electrons. The lowest BCUT2D eigenvalue weighted by Crippen LogP contribution is -2.46. The van der Waals surface area contributed by atoms with E-state index in [1.807, 2.05) is 0 Å². The first-order valence-corrected chi connectivity index (χ1v) is 11.0. The Kier molecular flexibility index (Phi) is 4.29. The van der Waals surface area contributed by atoms with Gasteiger partial charge in [-0.15, -0.1) is 0 Å². The Bertz CT molecular complexity index is 768. The first-order valence-electron chi connectivity index (χ1n) is 7.67. The lowest BCUT2D eigenvalue weighted by molar-refractivity contribution is -0.0309. The van der Waals surface area contributed by atoms with E-state index < -0.39 is 19.9 Å². The second kappa shape index (κ2) is 5.84. The minimum Gasteiger partial charge on any atom is -0.375 e. The van der Waals surface area contributed by atoms with Crippen LogP contribution in [0.2, 0.25) is 0 Å². The zero-order valence-corrected chi connectivity index (χ0v) is 14.7. The molecule has 0 atom stereocenters. The first kappa shape index (κ1) is 16.9. The van der Waals surface area contributed by atoms with Gasteiger partial charge < -0.3 is 4.74 Å². The van der Waals surface area contributed by atoms with E-state index in [9.17, 15) is 16.8 Å². The Morgan fingerprint density at radius 1 is 0.957 bits per heavy atom. The highest BCUT2D eigenvalue weighted by atomic mass is 32.2. The van der Waals surface area contributed by atoms with Crippen molar-refractivity contribution in [2.24, 2.45) is 0 Å². The standard InChI is InChI=1S/C15H21NO5S2/c1-22(17,18)13-3-5-14(6-4-13)23(19,20)16-10-8-15(9-11-16)7-2-12-21-15/h3-6H,2,7-12H2,1H3. The molecule has 2 aliphatic rings. The molecule has 0 N–H and O–H groups in total. The fourth-order valence-corrected chi connectivity index (χ4v) is 5.36. The molecule has 2 saturated heterocycles. The molecule has 0 aliphatic carbocycles. The number of rotatable bonds is 3. The molecular weight excluding hydrogens is 338 g/mol. The van der Waals surface area contributed by atoms with Gasteiger partial charge in [-0.2, -0.15) is 4.31 Å². The van der Waals surface area contributed by atoms with Gasteiger partial charge in [0.05, 0.1) is 15.4 Å². The van der Waals surface area contributed by atoms with Crippen LogP contribution in [0.4, 0.5) is 0 Å². The lowest BCUT2D eigenvalue weighted by atomic mass is 9.90. The van der Waals surface area contributed by atoms with Crippen LogP contribution >= 0.6 is 0 Å². The van der Waals surface area contributed by atoms with Crippen molar-refractivity contribution in [2.75, 3.05) is 26.0 Å². The van der Waals surface area contributed by atoms with E-state index in [0.717, 1.165) is 25.7 Å². The van der Waals surface area contributed by atoms with Crippen LogP contribution in [0.1, 0.15) is 25.7 Å². The molecule has 1 spiro atoms. The van der Waals surface area contributed by atoms with Gasteiger partial charge in [0.15, 0.2) is 9.84 Å². The van der Waals surface area contributed by atoms with E-state index in [1.54, 1.807) is 0 Å². The molecular formula is C15H21NO5S2. The highest BCUT2D eigenvalue weighted by molar-refractivity contribution is 7.90. The minimum absolute atomic E-state index is 0.119. The van der Waals surface area contributed by atoms with Gasteiger partial charge in [-0.05, 0) is 49.9 Å². The number of nitrogens with zero attached hydrogens (tertiary/aromatic N) is 1. The van der Waals surface area contributed by atoms with Gasteiger partial charge in [-0.3, -0.25) is 0 Å². The Morgan fingerprint density at radius 2 is 1.52 bits per heavy atom. The minimum atomic E-state index is -3.59. The maximum absolute atomic E-state index is 12.7. The second-order valence-electron chi connectivity index (χ2n) is 6.28. The third-order valence-corrected chi connectivity index (χ3v) is 7.75. The molecule has 23 heavy (non-hydrogen) atoms. The third-order valence-electron chi connectivity index (χ3n) is 4.71. The summed E-state index contributed by atoms with van der Waals surface area (Å²) in [6.45, 7) is 1.64. The van der Waals surface area contributed by atoms with Crippen LogP contribution in [0.5, 0.6) is 0 Å². The molecule has 0 amide bonds. The Morgan fingerprint density at radius 3 is 2.00 bits per heavy atom. The molecule has 3 rings (SSSR count). The summed E-state index contributed by atoms with van der Waals surface area (Å²) in [6.07, 6.45) is 4.58. The van der Waals surface area contributed by atoms with Crippen LogP contribution in [0.25, 0.3) is 0 Å². The number of sulfonamides is 1. The highest BCUT2D eigenvalue weighted by Crippen LogP contribution is 2.37. The molecule has 1 aromatic rings. The van der Waals surface area contributed by atoms with Crippen molar-refractivity contribution < 1.29 is 21.6 Å². The van der Waals surface area contributed by atoms with Crippen molar-refractivity contribution >= 4 is 19.9 Å². The summed E-state index contributed by atoms with van der Waals surface area (Å²) in [5.74, 6) is 0. The molecule has 8 heteroatoms. The number of benzene rings is 1. The van der Waals surface area contributed by atoms with Crippen molar-refractivity contribution in [2.45, 2.75) is 41.1 Å². The average Bonchev–Trinajstić information content (AvgIpc) is 2.95. The molecule has 0 bridgehead atoms.